The number of methoxy groups -OCH3 is 1. The van der Waals surface area contributed by atoms with E-state index < -0.39 is 0 Å². The Labute approximate surface area is 96.4 Å². The van der Waals surface area contributed by atoms with Crippen molar-refractivity contribution in [3.8, 4) is 5.88 Å². The molecule has 0 bridgehead atoms. The number of hydrogen-bond acceptors (Lipinski definition) is 5. The van der Waals surface area contributed by atoms with Crippen molar-refractivity contribution in [2.45, 2.75) is 27.2 Å². The number of nitrogens with one attached hydrogen (secondary N) is 1. The van der Waals surface area contributed by atoms with Crippen LogP contribution in [0.25, 0.3) is 0 Å². The monoisotopic (exact) mass is 224 g/mol. The minimum Gasteiger partial charge on any atom is -0.479 e. The van der Waals surface area contributed by atoms with Gasteiger partial charge in [-0.3, -0.25) is 0 Å². The van der Waals surface area contributed by atoms with E-state index in [2.05, 4.69) is 36.1 Å². The van der Waals surface area contributed by atoms with Crippen LogP contribution in [0.15, 0.2) is 6.33 Å². The van der Waals surface area contributed by atoms with Crippen LogP contribution in [-0.2, 0) is 0 Å². The molecule has 0 aliphatic carbocycles. The van der Waals surface area contributed by atoms with E-state index in [-0.39, 0.29) is 0 Å². The van der Waals surface area contributed by atoms with Crippen molar-refractivity contribution < 1.29 is 4.74 Å². The number of nitrogens with two attached hydrogens (primary N) is 1. The maximum atomic E-state index is 5.83. The Kier molecular flexibility index (Phi) is 3.93. The van der Waals surface area contributed by atoms with Crippen LogP contribution in [0.4, 0.5) is 11.5 Å². The molecule has 0 aromatic carbocycles. The van der Waals surface area contributed by atoms with Crippen molar-refractivity contribution >= 4 is 11.5 Å². The van der Waals surface area contributed by atoms with Crippen molar-refractivity contribution in [3.63, 3.8) is 0 Å². The van der Waals surface area contributed by atoms with Crippen LogP contribution in [0.1, 0.15) is 27.2 Å². The highest BCUT2D eigenvalue weighted by atomic mass is 16.5. The molecule has 0 saturated heterocycles. The Balaban J connectivity index is 2.61. The highest BCUT2D eigenvalue weighted by Crippen LogP contribution is 2.25. The van der Waals surface area contributed by atoms with Crippen LogP contribution in [-0.4, -0.2) is 23.6 Å². The molecule has 16 heavy (non-hydrogen) atoms. The van der Waals surface area contributed by atoms with E-state index in [9.17, 15) is 0 Å². The number of anilines is 2. The van der Waals surface area contributed by atoms with Gasteiger partial charge in [0.15, 0.2) is 5.82 Å². The first-order valence-corrected chi connectivity index (χ1v) is 5.32. The highest BCUT2D eigenvalue weighted by Gasteiger charge is 2.11. The summed E-state index contributed by atoms with van der Waals surface area (Å²) in [5, 5.41) is 3.19. The van der Waals surface area contributed by atoms with Gasteiger partial charge in [0.05, 0.1) is 7.11 Å². The molecule has 1 aromatic heterocycles. The molecule has 0 aliphatic heterocycles. The van der Waals surface area contributed by atoms with Crippen molar-refractivity contribution in [2.24, 2.45) is 5.41 Å². The maximum absolute atomic E-state index is 5.83. The predicted molar refractivity (Wildman–Crippen MR) is 65.6 cm³/mol. The van der Waals surface area contributed by atoms with Crippen LogP contribution in [0.3, 0.4) is 0 Å². The van der Waals surface area contributed by atoms with Gasteiger partial charge in [-0.2, -0.15) is 4.98 Å². The fourth-order valence-electron chi connectivity index (χ4n) is 1.24. The molecule has 0 aliphatic rings. The summed E-state index contributed by atoms with van der Waals surface area (Å²) in [5.74, 6) is 1.05. The van der Waals surface area contributed by atoms with E-state index in [0.717, 1.165) is 13.0 Å². The van der Waals surface area contributed by atoms with Gasteiger partial charge in [-0.15, -0.1) is 0 Å². The zero-order valence-electron chi connectivity index (χ0n) is 10.4. The first-order chi connectivity index (χ1) is 7.44. The van der Waals surface area contributed by atoms with Gasteiger partial charge >= 0.3 is 0 Å². The van der Waals surface area contributed by atoms with Gasteiger partial charge in [0, 0.05) is 6.54 Å². The molecule has 5 heteroatoms. The van der Waals surface area contributed by atoms with Gasteiger partial charge in [0.2, 0.25) is 5.88 Å². The fourth-order valence-corrected chi connectivity index (χ4v) is 1.24. The summed E-state index contributed by atoms with van der Waals surface area (Å²) in [7, 11) is 1.54. The minimum absolute atomic E-state index is 0.291. The van der Waals surface area contributed by atoms with Crippen LogP contribution in [0.2, 0.25) is 0 Å². The van der Waals surface area contributed by atoms with E-state index in [4.69, 9.17) is 10.5 Å². The van der Waals surface area contributed by atoms with Crippen molar-refractivity contribution in [3.05, 3.63) is 6.33 Å². The van der Waals surface area contributed by atoms with Gasteiger partial charge < -0.3 is 15.8 Å². The summed E-state index contributed by atoms with van der Waals surface area (Å²) in [6.45, 7) is 7.41. The largest absolute Gasteiger partial charge is 0.479 e. The molecule has 5 nitrogen and oxygen atoms in total. The van der Waals surface area contributed by atoms with Crippen LogP contribution in [0.5, 0.6) is 5.88 Å². The average molecular weight is 224 g/mol. The first kappa shape index (κ1) is 12.5. The van der Waals surface area contributed by atoms with Crippen LogP contribution in [0, 0.1) is 5.41 Å². The molecule has 0 spiro atoms. The van der Waals surface area contributed by atoms with Gasteiger partial charge in [0.1, 0.15) is 12.0 Å². The number of hydrogen-bond donors (Lipinski definition) is 2. The molecule has 0 amide bonds. The first-order valence-electron chi connectivity index (χ1n) is 5.32. The summed E-state index contributed by atoms with van der Waals surface area (Å²) in [6.07, 6.45) is 2.48. The highest BCUT2D eigenvalue weighted by molar-refractivity contribution is 5.66. The summed E-state index contributed by atoms with van der Waals surface area (Å²) >= 11 is 0. The Morgan fingerprint density at radius 2 is 2.06 bits per heavy atom. The lowest BCUT2D eigenvalue weighted by molar-refractivity contribution is 0.389. The summed E-state index contributed by atoms with van der Waals surface area (Å²) in [6, 6.07) is 0. The molecule has 3 N–H and O–H groups in total. The zero-order chi connectivity index (χ0) is 12.2. The summed E-state index contributed by atoms with van der Waals surface area (Å²) < 4.78 is 5.02. The third-order valence-electron chi connectivity index (χ3n) is 2.21. The van der Waals surface area contributed by atoms with E-state index in [1.54, 1.807) is 0 Å². The van der Waals surface area contributed by atoms with Gasteiger partial charge in [-0.1, -0.05) is 20.8 Å². The molecule has 0 fully saturated rings. The van der Waals surface area contributed by atoms with E-state index in [1.807, 2.05) is 0 Å². The molecule has 1 heterocycles. The van der Waals surface area contributed by atoms with Crippen molar-refractivity contribution in [1.82, 2.24) is 9.97 Å². The van der Waals surface area contributed by atoms with Gasteiger partial charge in [0.25, 0.3) is 0 Å². The molecule has 90 valence electrons. The number of nitrogen functional groups attached to an aromatic ring is 1. The number of rotatable bonds is 4. The summed E-state index contributed by atoms with van der Waals surface area (Å²) in [5.41, 5.74) is 6.58. The Hall–Kier alpha value is -1.52. The number of aromatic nitrogens is 2. The third kappa shape index (κ3) is 3.56. The molecule has 0 saturated carbocycles. The lowest BCUT2D eigenvalue weighted by atomic mass is 9.92. The van der Waals surface area contributed by atoms with E-state index in [1.165, 1.54) is 13.4 Å². The molecule has 0 unspecified atom stereocenters. The average Bonchev–Trinajstić information content (AvgIpc) is 2.19. The molecular weight excluding hydrogens is 204 g/mol. The Morgan fingerprint density at radius 1 is 1.38 bits per heavy atom. The van der Waals surface area contributed by atoms with Crippen LogP contribution < -0.4 is 15.8 Å². The second-order valence-corrected chi connectivity index (χ2v) is 4.88. The van der Waals surface area contributed by atoms with E-state index in [0.29, 0.717) is 22.8 Å². The SMILES string of the molecule is COc1ncnc(NCCC(C)(C)C)c1N. The lowest BCUT2D eigenvalue weighted by Gasteiger charge is -2.18. The summed E-state index contributed by atoms with van der Waals surface area (Å²) in [4.78, 5) is 8.00. The second-order valence-electron chi connectivity index (χ2n) is 4.88. The quantitative estimate of drug-likeness (QED) is 0.817. The van der Waals surface area contributed by atoms with Crippen LogP contribution >= 0.6 is 0 Å². The maximum Gasteiger partial charge on any atom is 0.242 e. The molecule has 0 radical (unpaired) electrons. The van der Waals surface area contributed by atoms with E-state index >= 15 is 0 Å². The molecule has 1 aromatic rings. The molecular formula is C11H20N4O. The zero-order valence-corrected chi connectivity index (χ0v) is 10.4. The fraction of sp³-hybridized carbons (Fsp3) is 0.636. The Morgan fingerprint density at radius 3 is 2.62 bits per heavy atom. The van der Waals surface area contributed by atoms with Gasteiger partial charge in [-0.05, 0) is 11.8 Å². The Bertz CT molecular complexity index is 346. The molecule has 1 rings (SSSR count). The number of nitrogens with zero attached hydrogens (tertiary/aromatic N) is 2. The third-order valence-corrected chi connectivity index (χ3v) is 2.21. The topological polar surface area (TPSA) is 73.1 Å². The second kappa shape index (κ2) is 5.01. The standard InChI is InChI=1S/C11H20N4O/c1-11(2,3)5-6-13-9-8(12)10(16-4)15-7-14-9/h7H,5-6,12H2,1-4H3,(H,13,14,15). The predicted octanol–water partition coefficient (Wildman–Crippen LogP) is 1.92. The number of ether oxygens (including phenoxy) is 1. The van der Waals surface area contributed by atoms with Crippen molar-refractivity contribution in [2.75, 3.05) is 24.7 Å². The van der Waals surface area contributed by atoms with Crippen molar-refractivity contribution in [1.29, 1.82) is 0 Å². The van der Waals surface area contributed by atoms with Gasteiger partial charge in [-0.25, -0.2) is 4.98 Å². The smallest absolute Gasteiger partial charge is 0.242 e. The normalized spacial score (nSPS) is 11.2. The molecule has 0 atom stereocenters. The minimum atomic E-state index is 0.291. The lowest BCUT2D eigenvalue weighted by Crippen LogP contribution is -2.14.